The van der Waals surface area contributed by atoms with Gasteiger partial charge in [0, 0.05) is 18.2 Å². The van der Waals surface area contributed by atoms with Crippen molar-refractivity contribution in [1.82, 2.24) is 5.32 Å². The molecule has 0 saturated heterocycles. The first-order valence-electron chi connectivity index (χ1n) is 6.24. The molecule has 0 spiro atoms. The summed E-state index contributed by atoms with van der Waals surface area (Å²) in [5.74, 6) is 0.0984. The smallest absolute Gasteiger partial charge is 0.224 e. The van der Waals surface area contributed by atoms with Crippen LogP contribution in [0, 0.1) is 0 Å². The third-order valence-corrected chi connectivity index (χ3v) is 2.88. The fourth-order valence-electron chi connectivity index (χ4n) is 1.58. The number of hydrogen-bond donors (Lipinski definition) is 2. The summed E-state index contributed by atoms with van der Waals surface area (Å²) in [6.07, 6.45) is 2.60. The maximum absolute atomic E-state index is 11.5. The Morgan fingerprint density at radius 1 is 1.29 bits per heavy atom. The Balaban J connectivity index is 2.53. The first kappa shape index (κ1) is 13.7. The van der Waals surface area contributed by atoms with E-state index in [-0.39, 0.29) is 5.91 Å². The van der Waals surface area contributed by atoms with Crippen LogP contribution >= 0.6 is 0 Å². The lowest BCUT2D eigenvalue weighted by atomic mass is 10.1. The summed E-state index contributed by atoms with van der Waals surface area (Å²) >= 11 is 0. The normalized spacial score (nSPS) is 12.2. The molecule has 0 heterocycles. The number of unbranched alkanes of at least 4 members (excludes halogenated alkanes) is 1. The lowest BCUT2D eigenvalue weighted by Crippen LogP contribution is -2.13. The van der Waals surface area contributed by atoms with Gasteiger partial charge in [0.1, 0.15) is 0 Å². The Kier molecular flexibility index (Phi) is 5.70. The molecule has 1 rings (SSSR count). The molecule has 0 fully saturated rings. The van der Waals surface area contributed by atoms with E-state index in [4.69, 9.17) is 0 Å². The average molecular weight is 234 g/mol. The number of benzene rings is 1. The molecule has 1 aromatic rings. The molecule has 94 valence electrons. The molecule has 0 aromatic heterocycles. The highest BCUT2D eigenvalue weighted by Gasteiger charge is 2.04. The van der Waals surface area contributed by atoms with E-state index in [1.54, 1.807) is 0 Å². The highest BCUT2D eigenvalue weighted by molar-refractivity contribution is 5.90. The van der Waals surface area contributed by atoms with Crippen molar-refractivity contribution in [3.8, 4) is 0 Å². The molecular weight excluding hydrogens is 212 g/mol. The van der Waals surface area contributed by atoms with Gasteiger partial charge in [0.15, 0.2) is 0 Å². The van der Waals surface area contributed by atoms with Crippen molar-refractivity contribution in [1.29, 1.82) is 0 Å². The summed E-state index contributed by atoms with van der Waals surface area (Å²) in [7, 11) is 1.94. The molecule has 3 nitrogen and oxygen atoms in total. The Morgan fingerprint density at radius 2 is 1.94 bits per heavy atom. The molecule has 1 amide bonds. The van der Waals surface area contributed by atoms with Crippen LogP contribution in [0.2, 0.25) is 0 Å². The van der Waals surface area contributed by atoms with Crippen LogP contribution in [0.5, 0.6) is 0 Å². The summed E-state index contributed by atoms with van der Waals surface area (Å²) < 4.78 is 0. The van der Waals surface area contributed by atoms with E-state index in [9.17, 15) is 4.79 Å². The number of rotatable bonds is 6. The molecule has 0 bridgehead atoms. The van der Waals surface area contributed by atoms with Crippen molar-refractivity contribution in [2.24, 2.45) is 0 Å². The van der Waals surface area contributed by atoms with Crippen LogP contribution in [0.15, 0.2) is 24.3 Å². The highest BCUT2D eigenvalue weighted by atomic mass is 16.1. The van der Waals surface area contributed by atoms with Crippen LogP contribution in [-0.2, 0) is 4.79 Å². The van der Waals surface area contributed by atoms with E-state index in [0.29, 0.717) is 12.5 Å². The van der Waals surface area contributed by atoms with Crippen molar-refractivity contribution in [2.75, 3.05) is 12.4 Å². The zero-order valence-electron chi connectivity index (χ0n) is 10.9. The van der Waals surface area contributed by atoms with E-state index >= 15 is 0 Å². The van der Waals surface area contributed by atoms with Gasteiger partial charge in [-0.15, -0.1) is 0 Å². The number of carbonyl (C=O) groups is 1. The molecule has 0 aliphatic carbocycles. The maximum Gasteiger partial charge on any atom is 0.224 e. The topological polar surface area (TPSA) is 41.1 Å². The van der Waals surface area contributed by atoms with Gasteiger partial charge < -0.3 is 10.6 Å². The van der Waals surface area contributed by atoms with Crippen LogP contribution < -0.4 is 10.6 Å². The van der Waals surface area contributed by atoms with E-state index in [0.717, 1.165) is 18.5 Å². The Bertz CT molecular complexity index is 346. The molecule has 17 heavy (non-hydrogen) atoms. The minimum atomic E-state index is 0.0984. The van der Waals surface area contributed by atoms with Gasteiger partial charge >= 0.3 is 0 Å². The molecule has 2 N–H and O–H groups in total. The second kappa shape index (κ2) is 7.07. The molecular formula is C14H22N2O. The van der Waals surface area contributed by atoms with Crippen molar-refractivity contribution < 1.29 is 4.79 Å². The quantitative estimate of drug-likeness (QED) is 0.794. The molecule has 0 aliphatic heterocycles. The molecule has 0 saturated carbocycles. The van der Waals surface area contributed by atoms with E-state index < -0.39 is 0 Å². The average Bonchev–Trinajstić information content (AvgIpc) is 2.36. The number of carbonyl (C=O) groups excluding carboxylic acids is 1. The highest BCUT2D eigenvalue weighted by Crippen LogP contribution is 2.15. The van der Waals surface area contributed by atoms with Gasteiger partial charge in [0.2, 0.25) is 5.91 Å². The van der Waals surface area contributed by atoms with Crippen molar-refractivity contribution >= 4 is 11.6 Å². The van der Waals surface area contributed by atoms with Gasteiger partial charge in [-0.2, -0.15) is 0 Å². The minimum absolute atomic E-state index is 0.0984. The Hall–Kier alpha value is -1.35. The lowest BCUT2D eigenvalue weighted by molar-refractivity contribution is -0.116. The van der Waals surface area contributed by atoms with Crippen molar-refractivity contribution in [3.63, 3.8) is 0 Å². The summed E-state index contributed by atoms with van der Waals surface area (Å²) in [5.41, 5.74) is 2.09. The van der Waals surface area contributed by atoms with Crippen LogP contribution in [0.3, 0.4) is 0 Å². The number of amides is 1. The second-order valence-electron chi connectivity index (χ2n) is 4.28. The first-order valence-corrected chi connectivity index (χ1v) is 6.24. The van der Waals surface area contributed by atoms with E-state index in [1.807, 2.05) is 31.3 Å². The van der Waals surface area contributed by atoms with Gasteiger partial charge in [-0.05, 0) is 38.1 Å². The third-order valence-electron chi connectivity index (χ3n) is 2.88. The molecule has 3 heteroatoms. The van der Waals surface area contributed by atoms with Crippen LogP contribution in [0.1, 0.15) is 44.7 Å². The number of nitrogens with one attached hydrogen (secondary N) is 2. The maximum atomic E-state index is 11.5. The zero-order chi connectivity index (χ0) is 12.7. The minimum Gasteiger partial charge on any atom is -0.326 e. The SMILES string of the molecule is CCCCC(=O)Nc1ccc(C(C)NC)cc1. The van der Waals surface area contributed by atoms with Gasteiger partial charge in [-0.25, -0.2) is 0 Å². The standard InChI is InChI=1S/C14H22N2O/c1-4-5-6-14(17)16-13-9-7-12(8-10-13)11(2)15-3/h7-11,15H,4-6H2,1-3H3,(H,16,17). The zero-order valence-corrected chi connectivity index (χ0v) is 10.9. The molecule has 1 unspecified atom stereocenters. The van der Waals surface area contributed by atoms with Crippen LogP contribution in [0.25, 0.3) is 0 Å². The van der Waals surface area contributed by atoms with Crippen molar-refractivity contribution in [2.45, 2.75) is 39.2 Å². The number of anilines is 1. The van der Waals surface area contributed by atoms with Crippen LogP contribution in [0.4, 0.5) is 5.69 Å². The van der Waals surface area contributed by atoms with E-state index in [2.05, 4.69) is 24.5 Å². The summed E-state index contributed by atoms with van der Waals surface area (Å²) in [6.45, 7) is 4.19. The molecule has 0 radical (unpaired) electrons. The van der Waals surface area contributed by atoms with Gasteiger partial charge in [-0.1, -0.05) is 25.5 Å². The molecule has 1 aromatic carbocycles. The third kappa shape index (κ3) is 4.57. The summed E-state index contributed by atoms with van der Waals surface area (Å²) in [5, 5.41) is 6.08. The summed E-state index contributed by atoms with van der Waals surface area (Å²) in [4.78, 5) is 11.5. The van der Waals surface area contributed by atoms with Crippen LogP contribution in [-0.4, -0.2) is 13.0 Å². The second-order valence-corrected chi connectivity index (χ2v) is 4.28. The number of hydrogen-bond acceptors (Lipinski definition) is 2. The first-order chi connectivity index (χ1) is 8.17. The molecule has 0 aliphatic rings. The van der Waals surface area contributed by atoms with Gasteiger partial charge in [0.25, 0.3) is 0 Å². The summed E-state index contributed by atoms with van der Waals surface area (Å²) in [6, 6.07) is 8.31. The van der Waals surface area contributed by atoms with Crippen molar-refractivity contribution in [3.05, 3.63) is 29.8 Å². The largest absolute Gasteiger partial charge is 0.326 e. The molecule has 1 atom stereocenters. The fraction of sp³-hybridized carbons (Fsp3) is 0.500. The van der Waals surface area contributed by atoms with E-state index in [1.165, 1.54) is 5.56 Å². The monoisotopic (exact) mass is 234 g/mol. The fourth-order valence-corrected chi connectivity index (χ4v) is 1.58. The lowest BCUT2D eigenvalue weighted by Gasteiger charge is -2.11. The predicted octanol–water partition coefficient (Wildman–Crippen LogP) is 3.10. The Morgan fingerprint density at radius 3 is 2.47 bits per heavy atom. The predicted molar refractivity (Wildman–Crippen MR) is 72.1 cm³/mol. The van der Waals surface area contributed by atoms with Gasteiger partial charge in [-0.3, -0.25) is 4.79 Å². The Labute approximate surface area is 104 Å². The van der Waals surface area contributed by atoms with Gasteiger partial charge in [0.05, 0.1) is 0 Å².